The van der Waals surface area contributed by atoms with Gasteiger partial charge in [-0.15, -0.1) is 0 Å². The van der Waals surface area contributed by atoms with Crippen molar-refractivity contribution in [2.75, 3.05) is 20.2 Å². The molecular formula is C36H40BrNO2. The van der Waals surface area contributed by atoms with Crippen LogP contribution in [0.25, 0.3) is 10.8 Å². The van der Waals surface area contributed by atoms with Crippen molar-refractivity contribution in [2.24, 2.45) is 17.8 Å². The van der Waals surface area contributed by atoms with Gasteiger partial charge in [-0.3, -0.25) is 0 Å². The second kappa shape index (κ2) is 10.3. The lowest BCUT2D eigenvalue weighted by Crippen LogP contribution is -3.00. The summed E-state index contributed by atoms with van der Waals surface area (Å²) in [6, 6.07) is 35.4. The third-order valence-electron chi connectivity index (χ3n) is 10.9. The topological polar surface area (TPSA) is 18.5 Å². The number of quaternary nitrogens is 1. The molecule has 0 amide bonds. The fourth-order valence-electron chi connectivity index (χ4n) is 9.33. The molecule has 208 valence electrons. The molecule has 4 aromatic rings. The van der Waals surface area contributed by atoms with Crippen LogP contribution in [0.2, 0.25) is 0 Å². The van der Waals surface area contributed by atoms with E-state index in [2.05, 4.69) is 98.8 Å². The quantitative estimate of drug-likeness (QED) is 0.287. The van der Waals surface area contributed by atoms with Crippen molar-refractivity contribution in [3.63, 3.8) is 0 Å². The molecule has 3 fully saturated rings. The summed E-state index contributed by atoms with van der Waals surface area (Å²) in [5.41, 5.74) is 3.91. The first-order valence-corrected chi connectivity index (χ1v) is 14.6. The van der Waals surface area contributed by atoms with E-state index in [0.717, 1.165) is 35.2 Å². The fourth-order valence-corrected chi connectivity index (χ4v) is 9.33. The van der Waals surface area contributed by atoms with Gasteiger partial charge in [0.1, 0.15) is 24.4 Å². The van der Waals surface area contributed by atoms with Gasteiger partial charge < -0.3 is 30.9 Å². The Balaban J connectivity index is 0.00000289. The molecule has 2 heterocycles. The first-order valence-electron chi connectivity index (χ1n) is 14.6. The Bertz CT molecular complexity index is 1480. The number of benzene rings is 4. The van der Waals surface area contributed by atoms with E-state index in [-0.39, 0.29) is 28.1 Å². The maximum Gasteiger partial charge on any atom is 0.151 e. The normalized spacial score (nSPS) is 32.1. The van der Waals surface area contributed by atoms with E-state index in [0.29, 0.717) is 12.5 Å². The maximum atomic E-state index is 7.30. The molecule has 4 heteroatoms. The minimum atomic E-state index is -0.310. The third kappa shape index (κ3) is 3.98. The molecule has 6 atom stereocenters. The van der Waals surface area contributed by atoms with Crippen molar-refractivity contribution in [1.82, 2.24) is 0 Å². The molecule has 0 bridgehead atoms. The minimum Gasteiger partial charge on any atom is -1.00 e. The SMILES string of the molecule is COc1ccc(CO[C@]2(c3ccccc3)C[N@+]3(Cc4cccc5ccccc45)C[C@@H](C)[C@@H]4CC[C@H]2[C@@]43C)cc1.[Br-]. The number of rotatable bonds is 7. The number of ether oxygens (including phenoxy) is 2. The third-order valence-corrected chi connectivity index (χ3v) is 10.9. The lowest BCUT2D eigenvalue weighted by molar-refractivity contribution is -0.968. The van der Waals surface area contributed by atoms with Crippen LogP contribution in [-0.2, 0) is 23.5 Å². The Hall–Kier alpha value is -2.66. The highest BCUT2D eigenvalue weighted by Crippen LogP contribution is 2.68. The lowest BCUT2D eigenvalue weighted by Gasteiger charge is -2.44. The van der Waals surface area contributed by atoms with E-state index >= 15 is 0 Å². The molecule has 0 N–H and O–H groups in total. The van der Waals surface area contributed by atoms with E-state index in [1.54, 1.807) is 7.11 Å². The van der Waals surface area contributed by atoms with Crippen LogP contribution in [0.3, 0.4) is 0 Å². The summed E-state index contributed by atoms with van der Waals surface area (Å²) in [4.78, 5) is 0. The largest absolute Gasteiger partial charge is 1.00 e. The van der Waals surface area contributed by atoms with Crippen molar-refractivity contribution < 1.29 is 30.9 Å². The summed E-state index contributed by atoms with van der Waals surface area (Å²) >= 11 is 0. The molecule has 0 spiro atoms. The number of hydrogen-bond donors (Lipinski definition) is 0. The molecule has 2 aliphatic heterocycles. The van der Waals surface area contributed by atoms with Crippen LogP contribution in [0.5, 0.6) is 5.75 Å². The zero-order valence-corrected chi connectivity index (χ0v) is 25.4. The fraction of sp³-hybridized carbons (Fsp3) is 0.389. The van der Waals surface area contributed by atoms with Crippen molar-refractivity contribution in [2.45, 2.75) is 51.0 Å². The van der Waals surface area contributed by atoms with Crippen LogP contribution in [0.1, 0.15) is 43.4 Å². The molecular weight excluding hydrogens is 558 g/mol. The molecule has 3 aliphatic rings. The van der Waals surface area contributed by atoms with Crippen molar-refractivity contribution in [3.05, 3.63) is 114 Å². The van der Waals surface area contributed by atoms with Gasteiger partial charge in [0.05, 0.1) is 26.2 Å². The van der Waals surface area contributed by atoms with E-state index in [9.17, 15) is 0 Å². The van der Waals surface area contributed by atoms with E-state index in [1.165, 1.54) is 46.8 Å². The van der Waals surface area contributed by atoms with Crippen LogP contribution < -0.4 is 21.7 Å². The van der Waals surface area contributed by atoms with Crippen LogP contribution in [0.4, 0.5) is 0 Å². The van der Waals surface area contributed by atoms with Gasteiger partial charge in [0, 0.05) is 17.4 Å². The van der Waals surface area contributed by atoms with Gasteiger partial charge in [0.25, 0.3) is 0 Å². The molecule has 1 aliphatic carbocycles. The summed E-state index contributed by atoms with van der Waals surface area (Å²) in [7, 11) is 1.72. The Morgan fingerprint density at radius 3 is 2.35 bits per heavy atom. The monoisotopic (exact) mass is 597 g/mol. The van der Waals surface area contributed by atoms with Crippen LogP contribution in [0.15, 0.2) is 97.1 Å². The second-order valence-electron chi connectivity index (χ2n) is 12.6. The molecule has 1 saturated carbocycles. The van der Waals surface area contributed by atoms with E-state index in [1.807, 2.05) is 12.1 Å². The predicted molar refractivity (Wildman–Crippen MR) is 157 cm³/mol. The summed E-state index contributed by atoms with van der Waals surface area (Å²) in [6.45, 7) is 9.07. The van der Waals surface area contributed by atoms with Crippen LogP contribution in [-0.4, -0.2) is 30.2 Å². The highest BCUT2D eigenvalue weighted by Gasteiger charge is 2.78. The van der Waals surface area contributed by atoms with Crippen molar-refractivity contribution in [1.29, 1.82) is 0 Å². The zero-order valence-electron chi connectivity index (χ0n) is 23.9. The van der Waals surface area contributed by atoms with Crippen LogP contribution >= 0.6 is 0 Å². The summed E-state index contributed by atoms with van der Waals surface area (Å²) in [5, 5.41) is 2.74. The van der Waals surface area contributed by atoms with Crippen molar-refractivity contribution >= 4 is 10.8 Å². The number of methoxy groups -OCH3 is 1. The number of halogens is 1. The van der Waals surface area contributed by atoms with Gasteiger partial charge in [-0.05, 0) is 53.8 Å². The van der Waals surface area contributed by atoms with Crippen LogP contribution in [0, 0.1) is 17.8 Å². The van der Waals surface area contributed by atoms with E-state index < -0.39 is 0 Å². The summed E-state index contributed by atoms with van der Waals surface area (Å²) < 4.78 is 13.8. The average Bonchev–Trinajstić information content (AvgIpc) is 3.52. The van der Waals surface area contributed by atoms with Gasteiger partial charge >= 0.3 is 0 Å². The molecule has 0 aromatic heterocycles. The van der Waals surface area contributed by atoms with Gasteiger partial charge in [0.2, 0.25) is 0 Å². The standard InChI is InChI=1S/C36H40NO2.BrH/c1-26-22-37(23-29-12-9-11-28-10-7-8-15-32(28)29)25-36(30-13-5-4-6-14-30,34-21-20-33(26)35(34,37)2)39-24-27-16-18-31(38-3)19-17-27;/h4-19,26,33-34H,20-25H2,1-3H3;1H/q+1;/p-1/t26-,33+,34+,35-,36+,37-;/m1./s1. The first kappa shape index (κ1) is 27.5. The minimum absolute atomic E-state index is 0. The Morgan fingerprint density at radius 1 is 0.850 bits per heavy atom. The molecule has 4 aromatic carbocycles. The number of nitrogens with zero attached hydrogens (tertiary/aromatic N) is 1. The first-order chi connectivity index (χ1) is 19.0. The van der Waals surface area contributed by atoms with E-state index in [4.69, 9.17) is 9.47 Å². The number of fused-ring (bicyclic) bond motifs is 1. The molecule has 0 radical (unpaired) electrons. The lowest BCUT2D eigenvalue weighted by atomic mass is 9.73. The second-order valence-corrected chi connectivity index (χ2v) is 12.6. The Morgan fingerprint density at radius 2 is 1.57 bits per heavy atom. The number of hydrogen-bond acceptors (Lipinski definition) is 2. The van der Waals surface area contributed by atoms with Gasteiger partial charge in [-0.2, -0.15) is 0 Å². The van der Waals surface area contributed by atoms with Gasteiger partial charge in [-0.1, -0.05) is 91.9 Å². The summed E-state index contributed by atoms with van der Waals surface area (Å²) in [6.07, 6.45) is 2.54. The Labute approximate surface area is 249 Å². The smallest absolute Gasteiger partial charge is 0.151 e. The zero-order chi connectivity index (χ0) is 26.7. The Kier molecular flexibility index (Phi) is 7.09. The average molecular weight is 599 g/mol. The highest BCUT2D eigenvalue weighted by molar-refractivity contribution is 5.85. The van der Waals surface area contributed by atoms with Gasteiger partial charge in [-0.25, -0.2) is 0 Å². The molecule has 3 nitrogen and oxygen atoms in total. The highest BCUT2D eigenvalue weighted by atomic mass is 79.9. The molecule has 2 saturated heterocycles. The van der Waals surface area contributed by atoms with Gasteiger partial charge in [0.15, 0.2) is 5.60 Å². The predicted octanol–water partition coefficient (Wildman–Crippen LogP) is 4.73. The molecule has 40 heavy (non-hydrogen) atoms. The van der Waals surface area contributed by atoms with Crippen molar-refractivity contribution in [3.8, 4) is 5.75 Å². The summed E-state index contributed by atoms with van der Waals surface area (Å²) in [5.74, 6) is 2.83. The molecule has 0 unspecified atom stereocenters. The maximum absolute atomic E-state index is 7.30. The molecule has 7 rings (SSSR count).